The van der Waals surface area contributed by atoms with Gasteiger partial charge in [0.1, 0.15) is 0 Å². The van der Waals surface area contributed by atoms with E-state index in [9.17, 15) is 9.59 Å². The van der Waals surface area contributed by atoms with Crippen LogP contribution < -0.4 is 11.2 Å². The monoisotopic (exact) mass is 338 g/mol. The van der Waals surface area contributed by atoms with Crippen molar-refractivity contribution in [3.8, 4) is 0 Å². The predicted molar refractivity (Wildman–Crippen MR) is 85.8 cm³/mol. The van der Waals surface area contributed by atoms with Gasteiger partial charge in [-0.05, 0) is 23.2 Å². The summed E-state index contributed by atoms with van der Waals surface area (Å²) in [5.41, 5.74) is 0.436. The molecule has 1 aromatic carbocycles. The third-order valence-electron chi connectivity index (χ3n) is 3.58. The van der Waals surface area contributed by atoms with Crippen LogP contribution in [0.3, 0.4) is 0 Å². The zero-order valence-electron chi connectivity index (χ0n) is 11.9. The van der Waals surface area contributed by atoms with Crippen molar-refractivity contribution in [2.75, 3.05) is 0 Å². The lowest BCUT2D eigenvalue weighted by Gasteiger charge is -2.10. The van der Waals surface area contributed by atoms with E-state index >= 15 is 0 Å². The van der Waals surface area contributed by atoms with Gasteiger partial charge in [-0.15, -0.1) is 0 Å². The van der Waals surface area contributed by atoms with Gasteiger partial charge in [-0.25, -0.2) is 9.78 Å². The molecule has 0 saturated carbocycles. The SMILES string of the molecule is Cn1c(=O)c2nc(Cl)n(Cc3ccccc3Cl)c2n(C)c1=O. The Bertz CT molecular complexity index is 1000. The Morgan fingerprint density at radius 1 is 1.09 bits per heavy atom. The van der Waals surface area contributed by atoms with Crippen molar-refractivity contribution in [2.24, 2.45) is 14.1 Å². The molecular formula is C14H12Cl2N4O2. The summed E-state index contributed by atoms with van der Waals surface area (Å²) in [5, 5.41) is 0.711. The molecule has 3 aromatic rings. The van der Waals surface area contributed by atoms with E-state index in [1.54, 1.807) is 17.7 Å². The average molecular weight is 339 g/mol. The lowest BCUT2D eigenvalue weighted by Crippen LogP contribution is -2.37. The van der Waals surface area contributed by atoms with Crippen LogP contribution in [0, 0.1) is 0 Å². The molecule has 0 saturated heterocycles. The van der Waals surface area contributed by atoms with Gasteiger partial charge in [-0.3, -0.25) is 18.5 Å². The lowest BCUT2D eigenvalue weighted by molar-refractivity contribution is 0.688. The van der Waals surface area contributed by atoms with E-state index in [0.29, 0.717) is 17.2 Å². The first-order valence-electron chi connectivity index (χ1n) is 6.47. The average Bonchev–Trinajstić information content (AvgIpc) is 2.82. The second-order valence-corrected chi connectivity index (χ2v) is 5.68. The molecule has 0 unspecified atom stereocenters. The van der Waals surface area contributed by atoms with Gasteiger partial charge in [0.25, 0.3) is 5.56 Å². The van der Waals surface area contributed by atoms with Crippen molar-refractivity contribution in [1.29, 1.82) is 0 Å². The number of imidazole rings is 1. The molecule has 0 bridgehead atoms. The molecular weight excluding hydrogens is 327 g/mol. The molecule has 22 heavy (non-hydrogen) atoms. The van der Waals surface area contributed by atoms with Gasteiger partial charge < -0.3 is 0 Å². The highest BCUT2D eigenvalue weighted by Crippen LogP contribution is 2.21. The Hall–Kier alpha value is -2.05. The van der Waals surface area contributed by atoms with E-state index in [2.05, 4.69) is 4.98 Å². The van der Waals surface area contributed by atoms with Crippen LogP contribution >= 0.6 is 23.2 Å². The van der Waals surface area contributed by atoms with Crippen molar-refractivity contribution >= 4 is 34.4 Å². The summed E-state index contributed by atoms with van der Waals surface area (Å²) >= 11 is 12.3. The topological polar surface area (TPSA) is 61.8 Å². The van der Waals surface area contributed by atoms with Crippen LogP contribution in [0.5, 0.6) is 0 Å². The molecule has 8 heteroatoms. The first-order valence-corrected chi connectivity index (χ1v) is 7.22. The zero-order valence-corrected chi connectivity index (χ0v) is 13.4. The van der Waals surface area contributed by atoms with Crippen LogP contribution in [-0.4, -0.2) is 18.7 Å². The van der Waals surface area contributed by atoms with E-state index < -0.39 is 11.2 Å². The number of hydrogen-bond acceptors (Lipinski definition) is 3. The van der Waals surface area contributed by atoms with Crippen molar-refractivity contribution in [1.82, 2.24) is 18.7 Å². The fraction of sp³-hybridized carbons (Fsp3) is 0.214. The molecule has 0 aliphatic carbocycles. The predicted octanol–water partition coefficient (Wildman–Crippen LogP) is 1.79. The molecule has 6 nitrogen and oxygen atoms in total. The molecule has 0 N–H and O–H groups in total. The quantitative estimate of drug-likeness (QED) is 0.669. The van der Waals surface area contributed by atoms with Crippen molar-refractivity contribution in [3.05, 3.63) is 61.0 Å². The maximum absolute atomic E-state index is 12.2. The van der Waals surface area contributed by atoms with Gasteiger partial charge in [0.15, 0.2) is 11.2 Å². The third kappa shape index (κ3) is 2.15. The van der Waals surface area contributed by atoms with E-state index in [1.165, 1.54) is 11.6 Å². The van der Waals surface area contributed by atoms with E-state index in [1.807, 2.05) is 18.2 Å². The second-order valence-electron chi connectivity index (χ2n) is 4.94. The molecule has 0 spiro atoms. The molecule has 0 atom stereocenters. The van der Waals surface area contributed by atoms with Gasteiger partial charge in [-0.2, -0.15) is 0 Å². The van der Waals surface area contributed by atoms with Crippen molar-refractivity contribution in [3.63, 3.8) is 0 Å². The minimum Gasteiger partial charge on any atom is -0.296 e. The lowest BCUT2D eigenvalue weighted by atomic mass is 10.2. The fourth-order valence-corrected chi connectivity index (χ4v) is 2.82. The molecule has 3 rings (SSSR count). The standard InChI is InChI=1S/C14H12Cl2N4O2/c1-18-11-10(12(21)19(2)14(18)22)17-13(16)20(11)7-8-5-3-4-6-9(8)15/h3-6H,7H2,1-2H3. The van der Waals surface area contributed by atoms with Gasteiger partial charge in [0, 0.05) is 19.1 Å². The Morgan fingerprint density at radius 3 is 2.45 bits per heavy atom. The Kier molecular flexibility index (Phi) is 3.58. The van der Waals surface area contributed by atoms with Crippen LogP contribution in [-0.2, 0) is 20.6 Å². The maximum Gasteiger partial charge on any atom is 0.332 e. The number of aryl methyl sites for hydroxylation is 1. The van der Waals surface area contributed by atoms with Crippen LogP contribution in [0.1, 0.15) is 5.56 Å². The largest absolute Gasteiger partial charge is 0.332 e. The molecule has 2 aromatic heterocycles. The summed E-state index contributed by atoms with van der Waals surface area (Å²) in [6.07, 6.45) is 0. The number of nitrogens with zero attached hydrogens (tertiary/aromatic N) is 4. The Balaban J connectivity index is 2.32. The van der Waals surface area contributed by atoms with E-state index in [0.717, 1.165) is 10.1 Å². The normalized spacial score (nSPS) is 11.3. The first kappa shape index (κ1) is 14.9. The summed E-state index contributed by atoms with van der Waals surface area (Å²) in [7, 11) is 2.98. The second kappa shape index (κ2) is 5.30. The van der Waals surface area contributed by atoms with Crippen LogP contribution in [0.4, 0.5) is 0 Å². The highest BCUT2D eigenvalue weighted by molar-refractivity contribution is 6.31. The molecule has 0 amide bonds. The third-order valence-corrected chi connectivity index (χ3v) is 4.24. The summed E-state index contributed by atoms with van der Waals surface area (Å²) < 4.78 is 3.96. The van der Waals surface area contributed by atoms with Gasteiger partial charge in [0.2, 0.25) is 5.28 Å². The Morgan fingerprint density at radius 2 is 1.77 bits per heavy atom. The maximum atomic E-state index is 12.2. The molecule has 0 aliphatic rings. The number of halogens is 2. The van der Waals surface area contributed by atoms with Crippen LogP contribution in [0.15, 0.2) is 33.9 Å². The number of fused-ring (bicyclic) bond motifs is 1. The van der Waals surface area contributed by atoms with Gasteiger partial charge in [0.05, 0.1) is 6.54 Å². The van der Waals surface area contributed by atoms with Crippen molar-refractivity contribution < 1.29 is 0 Å². The van der Waals surface area contributed by atoms with Crippen LogP contribution in [0.25, 0.3) is 11.2 Å². The van der Waals surface area contributed by atoms with Gasteiger partial charge >= 0.3 is 5.69 Å². The summed E-state index contributed by atoms with van der Waals surface area (Å²) in [5.74, 6) is 0. The van der Waals surface area contributed by atoms with Crippen LogP contribution in [0.2, 0.25) is 10.3 Å². The number of hydrogen-bond donors (Lipinski definition) is 0. The number of aromatic nitrogens is 4. The zero-order chi connectivity index (χ0) is 16.0. The van der Waals surface area contributed by atoms with E-state index in [-0.39, 0.29) is 10.8 Å². The fourth-order valence-electron chi connectivity index (χ4n) is 2.40. The molecule has 114 valence electrons. The van der Waals surface area contributed by atoms with Crippen molar-refractivity contribution in [2.45, 2.75) is 6.54 Å². The summed E-state index contributed by atoms with van der Waals surface area (Å²) in [6, 6.07) is 7.29. The minimum absolute atomic E-state index is 0.133. The molecule has 0 aliphatic heterocycles. The Labute approximate surface area is 135 Å². The molecule has 0 fully saturated rings. The number of rotatable bonds is 2. The van der Waals surface area contributed by atoms with E-state index in [4.69, 9.17) is 23.2 Å². The highest BCUT2D eigenvalue weighted by atomic mass is 35.5. The summed E-state index contributed by atoms with van der Waals surface area (Å²) in [6.45, 7) is 0.315. The highest BCUT2D eigenvalue weighted by Gasteiger charge is 2.18. The first-order chi connectivity index (χ1) is 10.4. The molecule has 0 radical (unpaired) electrons. The van der Waals surface area contributed by atoms with Gasteiger partial charge in [-0.1, -0.05) is 29.8 Å². The smallest absolute Gasteiger partial charge is 0.296 e. The minimum atomic E-state index is -0.474. The number of benzene rings is 1. The summed E-state index contributed by atoms with van der Waals surface area (Å²) in [4.78, 5) is 28.4. The molecule has 2 heterocycles.